The van der Waals surface area contributed by atoms with Gasteiger partial charge in [0.2, 0.25) is 0 Å². The van der Waals surface area contributed by atoms with Gasteiger partial charge in [-0.3, -0.25) is 0 Å². The Labute approximate surface area is 151 Å². The number of amides is 1. The first-order valence-electron chi connectivity index (χ1n) is 9.30. The van der Waals surface area contributed by atoms with Crippen molar-refractivity contribution in [2.45, 2.75) is 71.5 Å². The Morgan fingerprint density at radius 1 is 1.04 bits per heavy atom. The molecule has 0 unspecified atom stereocenters. The Morgan fingerprint density at radius 3 is 2.04 bits per heavy atom. The van der Waals surface area contributed by atoms with Crippen LogP contribution in [0.3, 0.4) is 0 Å². The predicted octanol–water partition coefficient (Wildman–Crippen LogP) is 4.30. The SMILES string of the molecule is Cc1cc(C)cc(C2(O)CCC3(CC2)CN(C(=O)OC(C)(C)C)C3)c1. The van der Waals surface area contributed by atoms with E-state index in [2.05, 4.69) is 32.0 Å². The number of carbonyl (C=O) groups is 1. The molecule has 4 heteroatoms. The summed E-state index contributed by atoms with van der Waals surface area (Å²) in [7, 11) is 0. The lowest BCUT2D eigenvalue weighted by Gasteiger charge is -2.54. The Balaban J connectivity index is 1.60. The largest absolute Gasteiger partial charge is 0.444 e. The smallest absolute Gasteiger partial charge is 0.410 e. The highest BCUT2D eigenvalue weighted by atomic mass is 16.6. The van der Waals surface area contributed by atoms with E-state index in [4.69, 9.17) is 4.74 Å². The first-order valence-corrected chi connectivity index (χ1v) is 9.30. The van der Waals surface area contributed by atoms with E-state index >= 15 is 0 Å². The van der Waals surface area contributed by atoms with E-state index in [1.807, 2.05) is 20.8 Å². The van der Waals surface area contributed by atoms with E-state index in [-0.39, 0.29) is 11.5 Å². The van der Waals surface area contributed by atoms with Crippen molar-refractivity contribution in [3.8, 4) is 0 Å². The minimum absolute atomic E-state index is 0.169. The molecule has 1 aromatic rings. The number of ether oxygens (including phenoxy) is 1. The molecular formula is C21H31NO3. The highest BCUT2D eigenvalue weighted by Gasteiger charge is 2.51. The number of hydrogen-bond acceptors (Lipinski definition) is 3. The van der Waals surface area contributed by atoms with E-state index in [1.54, 1.807) is 4.90 Å². The summed E-state index contributed by atoms with van der Waals surface area (Å²) in [6.45, 7) is 11.3. The van der Waals surface area contributed by atoms with Crippen molar-refractivity contribution in [3.63, 3.8) is 0 Å². The van der Waals surface area contributed by atoms with Gasteiger partial charge in [0.05, 0.1) is 5.60 Å². The van der Waals surface area contributed by atoms with Crippen LogP contribution in [0.5, 0.6) is 0 Å². The first-order chi connectivity index (χ1) is 11.5. The molecule has 1 saturated heterocycles. The molecule has 0 aromatic heterocycles. The molecular weight excluding hydrogens is 314 g/mol. The summed E-state index contributed by atoms with van der Waals surface area (Å²) in [5.74, 6) is 0. The second-order valence-corrected chi connectivity index (χ2v) is 9.24. The van der Waals surface area contributed by atoms with Crippen LogP contribution < -0.4 is 0 Å². The van der Waals surface area contributed by atoms with E-state index < -0.39 is 11.2 Å². The van der Waals surface area contributed by atoms with Crippen LogP contribution in [0.25, 0.3) is 0 Å². The van der Waals surface area contributed by atoms with Gasteiger partial charge in [0.25, 0.3) is 0 Å². The second kappa shape index (κ2) is 6.01. The Kier molecular flexibility index (Phi) is 4.39. The van der Waals surface area contributed by atoms with Gasteiger partial charge in [-0.15, -0.1) is 0 Å². The van der Waals surface area contributed by atoms with Crippen LogP contribution in [0.15, 0.2) is 18.2 Å². The van der Waals surface area contributed by atoms with Crippen molar-refractivity contribution in [3.05, 3.63) is 34.9 Å². The highest BCUT2D eigenvalue weighted by Crippen LogP contribution is 2.50. The molecule has 1 heterocycles. The molecule has 0 atom stereocenters. The Hall–Kier alpha value is -1.55. The minimum Gasteiger partial charge on any atom is -0.444 e. The molecule has 1 spiro atoms. The summed E-state index contributed by atoms with van der Waals surface area (Å²) >= 11 is 0. The number of aryl methyl sites for hydroxylation is 2. The maximum absolute atomic E-state index is 12.1. The van der Waals surface area contributed by atoms with Crippen molar-refractivity contribution in [1.29, 1.82) is 0 Å². The number of likely N-dealkylation sites (tertiary alicyclic amines) is 1. The van der Waals surface area contributed by atoms with Gasteiger partial charge >= 0.3 is 6.09 Å². The molecule has 1 amide bonds. The van der Waals surface area contributed by atoms with Crippen LogP contribution in [0, 0.1) is 19.3 Å². The fraction of sp³-hybridized carbons (Fsp3) is 0.667. The molecule has 0 radical (unpaired) electrons. The lowest BCUT2D eigenvalue weighted by atomic mass is 9.63. The molecule has 138 valence electrons. The molecule has 3 rings (SSSR count). The molecule has 25 heavy (non-hydrogen) atoms. The van der Waals surface area contributed by atoms with Crippen molar-refractivity contribution in [2.24, 2.45) is 5.41 Å². The van der Waals surface area contributed by atoms with Crippen LogP contribution in [0.1, 0.15) is 63.1 Å². The Morgan fingerprint density at radius 2 is 1.56 bits per heavy atom. The van der Waals surface area contributed by atoms with Gasteiger partial charge in [-0.1, -0.05) is 29.3 Å². The summed E-state index contributed by atoms with van der Waals surface area (Å²) in [4.78, 5) is 13.9. The third kappa shape index (κ3) is 3.84. The molecule has 1 aliphatic heterocycles. The number of rotatable bonds is 1. The summed E-state index contributed by atoms with van der Waals surface area (Å²) in [5, 5.41) is 11.2. The van der Waals surface area contributed by atoms with E-state index in [0.29, 0.717) is 0 Å². The van der Waals surface area contributed by atoms with Gasteiger partial charge in [0.1, 0.15) is 5.60 Å². The zero-order valence-electron chi connectivity index (χ0n) is 16.2. The molecule has 1 aliphatic carbocycles. The van der Waals surface area contributed by atoms with Crippen molar-refractivity contribution < 1.29 is 14.6 Å². The predicted molar refractivity (Wildman–Crippen MR) is 98.5 cm³/mol. The average molecular weight is 345 g/mol. The number of carbonyl (C=O) groups excluding carboxylic acids is 1. The van der Waals surface area contributed by atoms with E-state index in [9.17, 15) is 9.90 Å². The molecule has 1 N–H and O–H groups in total. The van der Waals surface area contributed by atoms with Crippen molar-refractivity contribution in [1.82, 2.24) is 4.90 Å². The maximum atomic E-state index is 12.1. The number of hydrogen-bond donors (Lipinski definition) is 1. The molecule has 4 nitrogen and oxygen atoms in total. The molecule has 2 fully saturated rings. The van der Waals surface area contributed by atoms with Crippen LogP contribution in [0.4, 0.5) is 4.79 Å². The lowest BCUT2D eigenvalue weighted by Crippen LogP contribution is -2.61. The normalized spacial score (nSPS) is 21.8. The lowest BCUT2D eigenvalue weighted by molar-refractivity contribution is -0.0963. The molecule has 1 saturated carbocycles. The maximum Gasteiger partial charge on any atom is 0.410 e. The van der Waals surface area contributed by atoms with Crippen LogP contribution in [-0.4, -0.2) is 34.8 Å². The van der Waals surface area contributed by atoms with Gasteiger partial charge in [-0.2, -0.15) is 0 Å². The average Bonchev–Trinajstić information content (AvgIpc) is 2.43. The van der Waals surface area contributed by atoms with Gasteiger partial charge in [0.15, 0.2) is 0 Å². The summed E-state index contributed by atoms with van der Waals surface area (Å²) < 4.78 is 5.45. The van der Waals surface area contributed by atoms with Gasteiger partial charge in [-0.05, 0) is 65.9 Å². The molecule has 2 aliphatic rings. The second-order valence-electron chi connectivity index (χ2n) is 9.24. The van der Waals surface area contributed by atoms with Crippen LogP contribution in [-0.2, 0) is 10.3 Å². The summed E-state index contributed by atoms with van der Waals surface area (Å²) in [6, 6.07) is 6.36. The fourth-order valence-corrected chi connectivity index (χ4v) is 4.26. The van der Waals surface area contributed by atoms with Crippen molar-refractivity contribution in [2.75, 3.05) is 13.1 Å². The van der Waals surface area contributed by atoms with Crippen molar-refractivity contribution >= 4 is 6.09 Å². The number of nitrogens with zero attached hydrogens (tertiary/aromatic N) is 1. The van der Waals surface area contributed by atoms with Gasteiger partial charge < -0.3 is 14.7 Å². The van der Waals surface area contributed by atoms with Crippen LogP contribution in [0.2, 0.25) is 0 Å². The molecule has 0 bridgehead atoms. The zero-order valence-corrected chi connectivity index (χ0v) is 16.2. The number of benzene rings is 1. The standard InChI is InChI=1S/C21H31NO3/c1-15-10-16(2)12-17(11-15)21(24)8-6-20(7-9-21)13-22(14-20)18(23)25-19(3,4)5/h10-12,24H,6-9,13-14H2,1-5H3. The number of aliphatic hydroxyl groups is 1. The monoisotopic (exact) mass is 345 g/mol. The Bertz CT molecular complexity index is 638. The summed E-state index contributed by atoms with van der Waals surface area (Å²) in [5.41, 5.74) is 2.43. The van der Waals surface area contributed by atoms with Gasteiger partial charge in [0, 0.05) is 18.5 Å². The minimum atomic E-state index is -0.728. The first kappa shape index (κ1) is 18.2. The zero-order chi connectivity index (χ0) is 18.5. The third-order valence-corrected chi connectivity index (χ3v) is 5.60. The highest BCUT2D eigenvalue weighted by molar-refractivity contribution is 5.69. The van der Waals surface area contributed by atoms with E-state index in [0.717, 1.165) is 44.3 Å². The summed E-state index contributed by atoms with van der Waals surface area (Å²) in [6.07, 6.45) is 3.22. The van der Waals surface area contributed by atoms with E-state index in [1.165, 1.54) is 11.1 Å². The topological polar surface area (TPSA) is 49.8 Å². The fourth-order valence-electron chi connectivity index (χ4n) is 4.26. The molecule has 1 aromatic carbocycles. The quantitative estimate of drug-likeness (QED) is 0.825. The van der Waals surface area contributed by atoms with Gasteiger partial charge in [-0.25, -0.2) is 4.79 Å². The third-order valence-electron chi connectivity index (χ3n) is 5.60. The van der Waals surface area contributed by atoms with Crippen LogP contribution >= 0.6 is 0 Å².